The van der Waals surface area contributed by atoms with E-state index in [4.69, 9.17) is 16.8 Å². The number of fused-ring (bicyclic) bond motifs is 1. The SMILES string of the molecule is CC(C)(C)[C@@]12C[C@H]1C[C@H](C(Cl)=NO)N2C(=O)O. The maximum absolute atomic E-state index is 11.5. The predicted octanol–water partition coefficient (Wildman–Crippen LogP) is 2.57. The Bertz CT molecular complexity index is 391. The number of carboxylic acid groups (broad SMARTS) is 1. The Balaban J connectivity index is 2.38. The molecule has 2 rings (SSSR count). The molecule has 96 valence electrons. The normalized spacial score (nSPS) is 36.9. The molecule has 2 aliphatic rings. The van der Waals surface area contributed by atoms with E-state index in [0.29, 0.717) is 12.3 Å². The van der Waals surface area contributed by atoms with Gasteiger partial charge in [0.2, 0.25) is 0 Å². The molecular formula is C11H17ClN2O3. The topological polar surface area (TPSA) is 73.1 Å². The fourth-order valence-corrected chi connectivity index (χ4v) is 3.58. The third-order valence-corrected chi connectivity index (χ3v) is 4.53. The zero-order valence-corrected chi connectivity index (χ0v) is 10.9. The van der Waals surface area contributed by atoms with Gasteiger partial charge in [-0.05, 0) is 24.2 Å². The molecular weight excluding hydrogens is 244 g/mol. The maximum atomic E-state index is 11.5. The van der Waals surface area contributed by atoms with Crippen LogP contribution < -0.4 is 0 Å². The second kappa shape index (κ2) is 3.51. The number of hydrogen-bond donors (Lipinski definition) is 2. The van der Waals surface area contributed by atoms with Crippen molar-refractivity contribution in [3.8, 4) is 0 Å². The smallest absolute Gasteiger partial charge is 0.408 e. The molecule has 0 aromatic carbocycles. The molecule has 1 aliphatic carbocycles. The Morgan fingerprint density at radius 3 is 2.53 bits per heavy atom. The van der Waals surface area contributed by atoms with Crippen LogP contribution in [-0.4, -0.2) is 38.1 Å². The van der Waals surface area contributed by atoms with Crippen LogP contribution in [0.1, 0.15) is 33.6 Å². The first-order valence-electron chi connectivity index (χ1n) is 5.65. The van der Waals surface area contributed by atoms with Crippen molar-refractivity contribution in [1.82, 2.24) is 4.90 Å². The predicted molar refractivity (Wildman–Crippen MR) is 63.6 cm³/mol. The molecule has 0 radical (unpaired) electrons. The van der Waals surface area contributed by atoms with Crippen molar-refractivity contribution in [2.75, 3.05) is 0 Å². The van der Waals surface area contributed by atoms with E-state index in [0.717, 1.165) is 6.42 Å². The van der Waals surface area contributed by atoms with E-state index in [1.807, 2.05) is 20.8 Å². The molecule has 5 nitrogen and oxygen atoms in total. The Labute approximate surface area is 105 Å². The summed E-state index contributed by atoms with van der Waals surface area (Å²) >= 11 is 5.80. The lowest BCUT2D eigenvalue weighted by atomic mass is 9.82. The summed E-state index contributed by atoms with van der Waals surface area (Å²) in [7, 11) is 0. The van der Waals surface area contributed by atoms with E-state index in [-0.39, 0.29) is 16.1 Å². The van der Waals surface area contributed by atoms with Gasteiger partial charge in [-0.25, -0.2) is 4.79 Å². The quantitative estimate of drug-likeness (QED) is 0.432. The fraction of sp³-hybridized carbons (Fsp3) is 0.818. The van der Waals surface area contributed by atoms with Crippen molar-refractivity contribution < 1.29 is 15.1 Å². The summed E-state index contributed by atoms with van der Waals surface area (Å²) in [5, 5.41) is 21.0. The van der Waals surface area contributed by atoms with Crippen LogP contribution in [0.3, 0.4) is 0 Å². The summed E-state index contributed by atoms with van der Waals surface area (Å²) in [6.45, 7) is 6.11. The van der Waals surface area contributed by atoms with Crippen molar-refractivity contribution in [2.24, 2.45) is 16.5 Å². The zero-order chi connectivity index (χ0) is 13.0. The third kappa shape index (κ3) is 1.52. The molecule has 17 heavy (non-hydrogen) atoms. The fourth-order valence-electron chi connectivity index (χ4n) is 3.40. The average molecular weight is 261 g/mol. The Hall–Kier alpha value is -0.970. The number of halogens is 1. The van der Waals surface area contributed by atoms with Gasteiger partial charge in [0.25, 0.3) is 0 Å². The lowest BCUT2D eigenvalue weighted by Crippen LogP contribution is -2.52. The highest BCUT2D eigenvalue weighted by molar-refractivity contribution is 6.66. The monoisotopic (exact) mass is 260 g/mol. The van der Waals surface area contributed by atoms with Gasteiger partial charge < -0.3 is 10.3 Å². The van der Waals surface area contributed by atoms with Gasteiger partial charge in [0.1, 0.15) is 0 Å². The van der Waals surface area contributed by atoms with Gasteiger partial charge in [0, 0.05) is 0 Å². The van der Waals surface area contributed by atoms with Gasteiger partial charge in [-0.3, -0.25) is 4.90 Å². The van der Waals surface area contributed by atoms with Crippen LogP contribution in [0.25, 0.3) is 0 Å². The summed E-state index contributed by atoms with van der Waals surface area (Å²) in [5.41, 5.74) is -0.494. The molecule has 1 saturated heterocycles. The summed E-state index contributed by atoms with van der Waals surface area (Å²) < 4.78 is 0. The highest BCUT2D eigenvalue weighted by Crippen LogP contribution is 2.66. The molecule has 2 N–H and O–H groups in total. The number of rotatable bonds is 1. The maximum Gasteiger partial charge on any atom is 0.408 e. The summed E-state index contributed by atoms with van der Waals surface area (Å²) in [5.74, 6) is 0.319. The summed E-state index contributed by atoms with van der Waals surface area (Å²) in [6.07, 6.45) is 0.521. The van der Waals surface area contributed by atoms with Crippen LogP contribution >= 0.6 is 11.6 Å². The molecule has 3 atom stereocenters. The van der Waals surface area contributed by atoms with Crippen molar-refractivity contribution in [1.29, 1.82) is 0 Å². The second-order valence-electron chi connectivity index (χ2n) is 5.90. The largest absolute Gasteiger partial charge is 0.465 e. The number of likely N-dealkylation sites (tertiary alicyclic amines) is 1. The minimum absolute atomic E-state index is 0.0387. The number of hydrogen-bond acceptors (Lipinski definition) is 3. The zero-order valence-electron chi connectivity index (χ0n) is 10.1. The van der Waals surface area contributed by atoms with Crippen LogP contribution in [0.2, 0.25) is 0 Å². The van der Waals surface area contributed by atoms with E-state index >= 15 is 0 Å². The van der Waals surface area contributed by atoms with Crippen molar-refractivity contribution in [3.63, 3.8) is 0 Å². The molecule has 2 fully saturated rings. The Morgan fingerprint density at radius 2 is 2.12 bits per heavy atom. The van der Waals surface area contributed by atoms with Gasteiger partial charge in [0.15, 0.2) is 5.17 Å². The molecule has 0 aromatic rings. The summed E-state index contributed by atoms with van der Waals surface area (Å²) in [4.78, 5) is 12.8. The Kier molecular flexibility index (Phi) is 2.58. The van der Waals surface area contributed by atoms with Gasteiger partial charge in [-0.2, -0.15) is 0 Å². The van der Waals surface area contributed by atoms with Crippen LogP contribution in [0.4, 0.5) is 4.79 Å². The molecule has 6 heteroatoms. The van der Waals surface area contributed by atoms with E-state index in [1.54, 1.807) is 0 Å². The summed E-state index contributed by atoms with van der Waals surface area (Å²) in [6, 6.07) is -0.503. The van der Waals surface area contributed by atoms with Gasteiger partial charge in [0.05, 0.1) is 11.6 Å². The van der Waals surface area contributed by atoms with Crippen molar-refractivity contribution in [3.05, 3.63) is 0 Å². The van der Waals surface area contributed by atoms with Crippen LogP contribution in [0.15, 0.2) is 5.16 Å². The number of carbonyl (C=O) groups is 1. The number of piperidine rings is 1. The number of amides is 1. The highest BCUT2D eigenvalue weighted by atomic mass is 35.5. The molecule has 1 saturated carbocycles. The van der Waals surface area contributed by atoms with Crippen LogP contribution in [-0.2, 0) is 0 Å². The molecule has 0 spiro atoms. The molecule has 0 bridgehead atoms. The standard InChI is InChI=1S/C11H17ClN2O3/c1-10(2,3)11-5-6(11)4-7(8(12)13-17)14(11)9(15)16/h6-7,17H,4-5H2,1-3H3,(H,15,16)/t6-,7-,11-/m1/s1. The number of oxime groups is 1. The Morgan fingerprint density at radius 1 is 1.53 bits per heavy atom. The van der Waals surface area contributed by atoms with Crippen molar-refractivity contribution in [2.45, 2.75) is 45.2 Å². The minimum atomic E-state index is -0.994. The minimum Gasteiger partial charge on any atom is -0.465 e. The average Bonchev–Trinajstić information content (AvgIpc) is 2.83. The first-order chi connectivity index (χ1) is 7.75. The van der Waals surface area contributed by atoms with Crippen molar-refractivity contribution >= 4 is 22.9 Å². The van der Waals surface area contributed by atoms with E-state index in [9.17, 15) is 9.90 Å². The van der Waals surface area contributed by atoms with Crippen LogP contribution in [0, 0.1) is 11.3 Å². The molecule has 0 unspecified atom stereocenters. The third-order valence-electron chi connectivity index (χ3n) is 4.20. The van der Waals surface area contributed by atoms with E-state index in [1.165, 1.54) is 4.90 Å². The second-order valence-corrected chi connectivity index (χ2v) is 6.29. The van der Waals surface area contributed by atoms with Gasteiger partial charge >= 0.3 is 6.09 Å². The lowest BCUT2D eigenvalue weighted by Gasteiger charge is -2.39. The number of nitrogens with zero attached hydrogens (tertiary/aromatic N) is 2. The van der Waals surface area contributed by atoms with Gasteiger partial charge in [-0.1, -0.05) is 37.5 Å². The first kappa shape index (κ1) is 12.5. The molecule has 1 aliphatic heterocycles. The molecule has 1 heterocycles. The van der Waals surface area contributed by atoms with Crippen LogP contribution in [0.5, 0.6) is 0 Å². The first-order valence-corrected chi connectivity index (χ1v) is 6.03. The lowest BCUT2D eigenvalue weighted by molar-refractivity contribution is 0.0730. The van der Waals surface area contributed by atoms with E-state index in [2.05, 4.69) is 5.16 Å². The highest BCUT2D eigenvalue weighted by Gasteiger charge is 2.72. The molecule has 0 aromatic heterocycles. The molecule has 1 amide bonds. The van der Waals surface area contributed by atoms with Gasteiger partial charge in [-0.15, -0.1) is 0 Å². The van der Waals surface area contributed by atoms with E-state index < -0.39 is 12.1 Å².